The first-order valence-corrected chi connectivity index (χ1v) is 11.0. The summed E-state index contributed by atoms with van der Waals surface area (Å²) in [6, 6.07) is 19.3. The van der Waals surface area contributed by atoms with Crippen LogP contribution in [0.5, 0.6) is 0 Å². The van der Waals surface area contributed by atoms with E-state index in [-0.39, 0.29) is 24.8 Å². The molecule has 7 heteroatoms. The lowest BCUT2D eigenvalue weighted by Crippen LogP contribution is -2.09. The van der Waals surface area contributed by atoms with Crippen molar-refractivity contribution in [3.63, 3.8) is 0 Å². The summed E-state index contributed by atoms with van der Waals surface area (Å²) < 4.78 is 9.68. The number of carbonyl (C=O) groups is 3. The summed E-state index contributed by atoms with van der Waals surface area (Å²) in [5.41, 5.74) is 3.04. The van der Waals surface area contributed by atoms with Crippen LogP contribution in [0.25, 0.3) is 6.08 Å². The molecule has 7 nitrogen and oxygen atoms in total. The van der Waals surface area contributed by atoms with E-state index in [0.717, 1.165) is 11.1 Å². The van der Waals surface area contributed by atoms with Crippen molar-refractivity contribution >= 4 is 24.0 Å². The van der Waals surface area contributed by atoms with Crippen LogP contribution in [0.4, 0.5) is 0 Å². The van der Waals surface area contributed by atoms with Crippen LogP contribution in [-0.4, -0.2) is 41.3 Å². The van der Waals surface area contributed by atoms with Crippen LogP contribution < -0.4 is 0 Å². The summed E-state index contributed by atoms with van der Waals surface area (Å²) in [6.07, 6.45) is 4.22. The predicted molar refractivity (Wildman–Crippen MR) is 141 cm³/mol. The Hall–Kier alpha value is -4.23. The summed E-state index contributed by atoms with van der Waals surface area (Å²) in [7, 11) is 0. The van der Waals surface area contributed by atoms with Crippen molar-refractivity contribution in [1.29, 1.82) is 0 Å². The Balaban J connectivity index is 0.000000569. The van der Waals surface area contributed by atoms with Crippen LogP contribution in [0.3, 0.4) is 0 Å². The third-order valence-electron chi connectivity index (χ3n) is 4.01. The van der Waals surface area contributed by atoms with Crippen molar-refractivity contribution in [2.75, 3.05) is 13.2 Å². The molecule has 0 saturated heterocycles. The van der Waals surface area contributed by atoms with Gasteiger partial charge in [-0.05, 0) is 31.4 Å². The monoisotopic (exact) mass is 494 g/mol. The van der Waals surface area contributed by atoms with Gasteiger partial charge in [-0.2, -0.15) is 0 Å². The van der Waals surface area contributed by atoms with Gasteiger partial charge in [0.1, 0.15) is 13.2 Å². The van der Waals surface area contributed by atoms with Gasteiger partial charge in [-0.25, -0.2) is 14.4 Å². The number of carboxylic acid groups (broad SMARTS) is 1. The van der Waals surface area contributed by atoms with E-state index in [2.05, 4.69) is 19.7 Å². The number of rotatable bonds is 10. The molecule has 2 rings (SSSR count). The first kappa shape index (κ1) is 31.8. The Kier molecular flexibility index (Phi) is 16.9. The zero-order valence-electron chi connectivity index (χ0n) is 20.8. The van der Waals surface area contributed by atoms with Gasteiger partial charge < -0.3 is 19.7 Å². The highest BCUT2D eigenvalue weighted by atomic mass is 16.5. The van der Waals surface area contributed by atoms with Crippen LogP contribution in [-0.2, 0) is 30.5 Å². The molecular formula is C29H34O7. The highest BCUT2D eigenvalue weighted by Gasteiger charge is 2.05. The molecule has 0 saturated carbocycles. The van der Waals surface area contributed by atoms with E-state index >= 15 is 0 Å². The number of hydrogen-bond acceptors (Lipinski definition) is 6. The lowest BCUT2D eigenvalue weighted by molar-refractivity contribution is -0.140. The quantitative estimate of drug-likeness (QED) is 0.348. The molecule has 0 radical (unpaired) electrons. The Morgan fingerprint density at radius 2 is 1.36 bits per heavy atom. The molecule has 192 valence electrons. The van der Waals surface area contributed by atoms with E-state index in [0.29, 0.717) is 24.2 Å². The van der Waals surface area contributed by atoms with E-state index in [1.807, 2.05) is 72.8 Å². The largest absolute Gasteiger partial charge is 0.478 e. The van der Waals surface area contributed by atoms with E-state index in [1.165, 1.54) is 6.92 Å². The molecule has 0 atom stereocenters. The van der Waals surface area contributed by atoms with Gasteiger partial charge in [0.25, 0.3) is 0 Å². The van der Waals surface area contributed by atoms with E-state index in [9.17, 15) is 14.4 Å². The van der Waals surface area contributed by atoms with Crippen molar-refractivity contribution in [2.45, 2.75) is 26.9 Å². The highest BCUT2D eigenvalue weighted by molar-refractivity contribution is 5.88. The van der Waals surface area contributed by atoms with E-state index in [1.54, 1.807) is 6.92 Å². The fourth-order valence-corrected chi connectivity index (χ4v) is 2.07. The zero-order valence-corrected chi connectivity index (χ0v) is 20.8. The van der Waals surface area contributed by atoms with Gasteiger partial charge >= 0.3 is 17.9 Å². The highest BCUT2D eigenvalue weighted by Crippen LogP contribution is 2.07. The van der Waals surface area contributed by atoms with Crippen molar-refractivity contribution < 1.29 is 34.1 Å². The first-order chi connectivity index (χ1) is 17.1. The maximum atomic E-state index is 11.3. The molecule has 36 heavy (non-hydrogen) atoms. The average molecular weight is 495 g/mol. The topological polar surface area (TPSA) is 110 Å². The molecule has 0 bridgehead atoms. The third-order valence-corrected chi connectivity index (χ3v) is 4.01. The van der Waals surface area contributed by atoms with Crippen LogP contribution in [0.1, 0.15) is 31.4 Å². The van der Waals surface area contributed by atoms with Gasteiger partial charge in [0.05, 0.1) is 6.61 Å². The summed E-state index contributed by atoms with van der Waals surface area (Å²) >= 11 is 0. The van der Waals surface area contributed by atoms with E-state index < -0.39 is 11.9 Å². The number of aliphatic hydroxyl groups excluding tert-OH is 1. The SMILES string of the molecule is C=C(C)C(=O)O.C=C(C)C(=O)OCc1ccccc1.C=C(CC=Cc1ccccc1)C(=O)OCCO. The lowest BCUT2D eigenvalue weighted by Gasteiger charge is -2.03. The Labute approximate surface area is 212 Å². The molecule has 0 aliphatic carbocycles. The number of carboxylic acids is 1. The van der Waals surface area contributed by atoms with Gasteiger partial charge in [-0.15, -0.1) is 0 Å². The number of aliphatic carboxylic acids is 1. The van der Waals surface area contributed by atoms with Gasteiger partial charge in [0.2, 0.25) is 0 Å². The van der Waals surface area contributed by atoms with Crippen molar-refractivity contribution in [1.82, 2.24) is 0 Å². The Morgan fingerprint density at radius 3 is 1.83 bits per heavy atom. The van der Waals surface area contributed by atoms with Crippen LogP contribution in [0, 0.1) is 0 Å². The number of benzene rings is 2. The molecule has 0 heterocycles. The molecule has 0 unspecified atom stereocenters. The smallest absolute Gasteiger partial charge is 0.333 e. The summed E-state index contributed by atoms with van der Waals surface area (Å²) in [5.74, 6) is -1.74. The molecule has 0 aliphatic rings. The first-order valence-electron chi connectivity index (χ1n) is 11.0. The molecule has 0 aliphatic heterocycles. The predicted octanol–water partition coefficient (Wildman–Crippen LogP) is 5.13. The lowest BCUT2D eigenvalue weighted by atomic mass is 10.1. The minimum absolute atomic E-state index is 0.0141. The number of aliphatic hydroxyl groups is 1. The fraction of sp³-hybridized carbons (Fsp3) is 0.207. The molecule has 2 aromatic rings. The number of allylic oxidation sites excluding steroid dienone is 1. The Morgan fingerprint density at radius 1 is 0.833 bits per heavy atom. The van der Waals surface area contributed by atoms with E-state index in [4.69, 9.17) is 19.7 Å². The number of ether oxygens (including phenoxy) is 2. The Bertz CT molecular complexity index is 1010. The van der Waals surface area contributed by atoms with Crippen LogP contribution in [0.2, 0.25) is 0 Å². The minimum atomic E-state index is -0.935. The minimum Gasteiger partial charge on any atom is -0.478 e. The normalized spacial score (nSPS) is 9.53. The number of carbonyl (C=O) groups excluding carboxylic acids is 2. The van der Waals surface area contributed by atoms with Crippen LogP contribution >= 0.6 is 0 Å². The van der Waals surface area contributed by atoms with Gasteiger partial charge in [0.15, 0.2) is 0 Å². The third kappa shape index (κ3) is 16.4. The summed E-state index contributed by atoms with van der Waals surface area (Å²) in [4.78, 5) is 31.9. The molecule has 0 aromatic heterocycles. The standard InChI is InChI=1S/C14H16O3.C11H12O2.C4H6O2/c1-12(14(16)17-11-10-15)6-5-9-13-7-3-2-4-8-13;1-9(2)11(12)13-8-10-6-4-3-5-7-10;1-3(2)4(5)6/h2-5,7-9,15H,1,6,10-11H2;3-7H,1,8H2,2H3;1H2,2H3,(H,5,6). The zero-order chi connectivity index (χ0) is 27.3. The number of esters is 2. The molecule has 2 N–H and O–H groups in total. The maximum Gasteiger partial charge on any atom is 0.333 e. The van der Waals surface area contributed by atoms with Crippen molar-refractivity contribution in [3.05, 3.63) is 114 Å². The van der Waals surface area contributed by atoms with Gasteiger partial charge in [-0.1, -0.05) is 92.6 Å². The van der Waals surface area contributed by atoms with Gasteiger partial charge in [-0.3, -0.25) is 0 Å². The number of hydrogen-bond donors (Lipinski definition) is 2. The van der Waals surface area contributed by atoms with Crippen molar-refractivity contribution in [3.8, 4) is 0 Å². The summed E-state index contributed by atoms with van der Waals surface area (Å²) in [5, 5.41) is 16.4. The average Bonchev–Trinajstić information content (AvgIpc) is 2.87. The second-order valence-corrected chi connectivity index (χ2v) is 7.41. The fourth-order valence-electron chi connectivity index (χ4n) is 2.07. The second kappa shape index (κ2) is 19.1. The summed E-state index contributed by atoms with van der Waals surface area (Å²) in [6.45, 7) is 13.5. The van der Waals surface area contributed by atoms with Crippen molar-refractivity contribution in [2.24, 2.45) is 0 Å². The molecule has 0 fully saturated rings. The molecule has 2 aromatic carbocycles. The maximum absolute atomic E-state index is 11.3. The molecule has 0 amide bonds. The molecular weight excluding hydrogens is 460 g/mol. The van der Waals surface area contributed by atoms with Gasteiger partial charge in [0, 0.05) is 16.7 Å². The van der Waals surface area contributed by atoms with Crippen LogP contribution in [0.15, 0.2) is 103 Å². The second-order valence-electron chi connectivity index (χ2n) is 7.41. The molecule has 0 spiro atoms.